The van der Waals surface area contributed by atoms with E-state index in [2.05, 4.69) is 29.0 Å². The van der Waals surface area contributed by atoms with E-state index in [1.165, 1.54) is 0 Å². The van der Waals surface area contributed by atoms with Gasteiger partial charge >= 0.3 is 0 Å². The smallest absolute Gasteiger partial charge is 0.236 e. The number of likely N-dealkylation sites (N-methyl/N-ethyl adjacent to an activating group) is 1. The van der Waals surface area contributed by atoms with Crippen molar-refractivity contribution in [2.24, 2.45) is 11.7 Å². The SMILES string of the molecule is CC[C@H](N)C(=O)NCC(C)CN1CCN(CC)CC1. The van der Waals surface area contributed by atoms with Crippen LogP contribution in [0, 0.1) is 5.92 Å². The van der Waals surface area contributed by atoms with E-state index in [0.29, 0.717) is 12.3 Å². The Kier molecular flexibility index (Phi) is 7.34. The molecule has 1 aliphatic heterocycles. The summed E-state index contributed by atoms with van der Waals surface area (Å²) in [6, 6.07) is -0.361. The van der Waals surface area contributed by atoms with Crippen LogP contribution < -0.4 is 11.1 Å². The summed E-state index contributed by atoms with van der Waals surface area (Å²) in [5.74, 6) is 0.450. The molecule has 5 heteroatoms. The van der Waals surface area contributed by atoms with Crippen molar-refractivity contribution in [3.05, 3.63) is 0 Å². The Morgan fingerprint density at radius 3 is 2.32 bits per heavy atom. The molecule has 2 atom stereocenters. The lowest BCUT2D eigenvalue weighted by atomic mass is 10.1. The number of nitrogens with zero attached hydrogens (tertiary/aromatic N) is 2. The van der Waals surface area contributed by atoms with E-state index in [-0.39, 0.29) is 11.9 Å². The molecule has 1 fully saturated rings. The average molecular weight is 270 g/mol. The maximum Gasteiger partial charge on any atom is 0.236 e. The number of nitrogens with one attached hydrogen (secondary N) is 1. The zero-order valence-corrected chi connectivity index (χ0v) is 12.7. The Balaban J connectivity index is 2.17. The number of nitrogens with two attached hydrogens (primary N) is 1. The second kappa shape index (κ2) is 8.51. The van der Waals surface area contributed by atoms with E-state index in [1.54, 1.807) is 0 Å². The third kappa shape index (κ3) is 5.89. The molecule has 0 radical (unpaired) electrons. The molecular weight excluding hydrogens is 240 g/mol. The highest BCUT2D eigenvalue weighted by molar-refractivity contribution is 5.81. The fourth-order valence-electron chi connectivity index (χ4n) is 2.38. The molecule has 112 valence electrons. The second-order valence-electron chi connectivity index (χ2n) is 5.60. The van der Waals surface area contributed by atoms with Crippen molar-refractivity contribution < 1.29 is 4.79 Å². The van der Waals surface area contributed by atoms with Gasteiger partial charge in [0.1, 0.15) is 0 Å². The third-order valence-corrected chi connectivity index (χ3v) is 3.88. The van der Waals surface area contributed by atoms with Crippen LogP contribution in [0.15, 0.2) is 0 Å². The van der Waals surface area contributed by atoms with Crippen molar-refractivity contribution in [2.75, 3.05) is 45.8 Å². The number of hydrogen-bond donors (Lipinski definition) is 2. The first kappa shape index (κ1) is 16.4. The van der Waals surface area contributed by atoms with Crippen LogP contribution in [0.1, 0.15) is 27.2 Å². The zero-order valence-electron chi connectivity index (χ0n) is 12.7. The summed E-state index contributed by atoms with van der Waals surface area (Å²) in [6.07, 6.45) is 0.694. The first-order valence-corrected chi connectivity index (χ1v) is 7.54. The van der Waals surface area contributed by atoms with E-state index >= 15 is 0 Å². The van der Waals surface area contributed by atoms with Gasteiger partial charge in [0.2, 0.25) is 5.91 Å². The molecule has 1 heterocycles. The van der Waals surface area contributed by atoms with Crippen molar-refractivity contribution in [2.45, 2.75) is 33.2 Å². The molecule has 1 aliphatic rings. The quantitative estimate of drug-likeness (QED) is 0.689. The predicted octanol–water partition coefficient (Wildman–Crippen LogP) is 0.114. The van der Waals surface area contributed by atoms with Gasteiger partial charge in [-0.3, -0.25) is 4.79 Å². The Morgan fingerprint density at radius 2 is 1.79 bits per heavy atom. The van der Waals surface area contributed by atoms with Crippen molar-refractivity contribution in [1.29, 1.82) is 0 Å². The van der Waals surface area contributed by atoms with Crippen LogP contribution in [-0.4, -0.2) is 67.6 Å². The topological polar surface area (TPSA) is 61.6 Å². The molecule has 1 unspecified atom stereocenters. The molecule has 1 rings (SSSR count). The highest BCUT2D eigenvalue weighted by Crippen LogP contribution is 2.05. The molecule has 1 amide bonds. The molecule has 3 N–H and O–H groups in total. The molecule has 0 bridgehead atoms. The van der Waals surface area contributed by atoms with E-state index in [1.807, 2.05) is 6.92 Å². The van der Waals surface area contributed by atoms with Crippen molar-refractivity contribution >= 4 is 5.91 Å². The van der Waals surface area contributed by atoms with Gasteiger partial charge in [0.15, 0.2) is 0 Å². The summed E-state index contributed by atoms with van der Waals surface area (Å²) < 4.78 is 0. The summed E-state index contributed by atoms with van der Waals surface area (Å²) in [5, 5.41) is 2.94. The molecular formula is C14H30N4O. The van der Waals surface area contributed by atoms with Crippen LogP contribution >= 0.6 is 0 Å². The Labute approximate surface area is 117 Å². The second-order valence-corrected chi connectivity index (χ2v) is 5.60. The van der Waals surface area contributed by atoms with E-state index in [9.17, 15) is 4.79 Å². The van der Waals surface area contributed by atoms with Gasteiger partial charge in [-0.2, -0.15) is 0 Å². The highest BCUT2D eigenvalue weighted by Gasteiger charge is 2.18. The Bertz CT molecular complexity index is 264. The fraction of sp³-hybridized carbons (Fsp3) is 0.929. The maximum atomic E-state index is 11.6. The van der Waals surface area contributed by atoms with Gasteiger partial charge in [-0.25, -0.2) is 0 Å². The summed E-state index contributed by atoms with van der Waals surface area (Å²) in [7, 11) is 0. The summed E-state index contributed by atoms with van der Waals surface area (Å²) in [5.41, 5.74) is 5.69. The number of amides is 1. The highest BCUT2D eigenvalue weighted by atomic mass is 16.2. The van der Waals surface area contributed by atoms with Crippen molar-refractivity contribution in [1.82, 2.24) is 15.1 Å². The number of rotatable bonds is 7. The molecule has 0 aromatic rings. The van der Waals surface area contributed by atoms with Crippen LogP contribution in [0.3, 0.4) is 0 Å². The minimum absolute atomic E-state index is 0.0230. The normalized spacial score (nSPS) is 21.1. The summed E-state index contributed by atoms with van der Waals surface area (Å²) in [4.78, 5) is 16.6. The van der Waals surface area contributed by atoms with Crippen LogP contribution in [0.25, 0.3) is 0 Å². The third-order valence-electron chi connectivity index (χ3n) is 3.88. The largest absolute Gasteiger partial charge is 0.354 e. The van der Waals surface area contributed by atoms with Gasteiger partial charge in [-0.05, 0) is 18.9 Å². The number of hydrogen-bond acceptors (Lipinski definition) is 4. The lowest BCUT2D eigenvalue weighted by Gasteiger charge is -2.35. The fourth-order valence-corrected chi connectivity index (χ4v) is 2.38. The molecule has 0 aromatic heterocycles. The van der Waals surface area contributed by atoms with Gasteiger partial charge in [0.05, 0.1) is 6.04 Å². The number of carbonyl (C=O) groups excluding carboxylic acids is 1. The Hall–Kier alpha value is -0.650. The minimum Gasteiger partial charge on any atom is -0.354 e. The monoisotopic (exact) mass is 270 g/mol. The molecule has 5 nitrogen and oxygen atoms in total. The first-order valence-electron chi connectivity index (χ1n) is 7.54. The molecule has 0 aliphatic carbocycles. The maximum absolute atomic E-state index is 11.6. The van der Waals surface area contributed by atoms with Crippen LogP contribution in [-0.2, 0) is 4.79 Å². The lowest BCUT2D eigenvalue weighted by Crippen LogP contribution is -2.48. The lowest BCUT2D eigenvalue weighted by molar-refractivity contribution is -0.122. The van der Waals surface area contributed by atoms with Gasteiger partial charge in [-0.15, -0.1) is 0 Å². The first-order chi connectivity index (χ1) is 9.06. The van der Waals surface area contributed by atoms with Crippen LogP contribution in [0.4, 0.5) is 0 Å². The van der Waals surface area contributed by atoms with Crippen molar-refractivity contribution in [3.63, 3.8) is 0 Å². The molecule has 0 aromatic carbocycles. The van der Waals surface area contributed by atoms with Crippen LogP contribution in [0.5, 0.6) is 0 Å². The van der Waals surface area contributed by atoms with Gasteiger partial charge in [-0.1, -0.05) is 20.8 Å². The van der Waals surface area contributed by atoms with Crippen LogP contribution in [0.2, 0.25) is 0 Å². The molecule has 19 heavy (non-hydrogen) atoms. The number of carbonyl (C=O) groups is 1. The van der Waals surface area contributed by atoms with E-state index in [4.69, 9.17) is 5.73 Å². The van der Waals surface area contributed by atoms with Gasteiger partial charge in [0.25, 0.3) is 0 Å². The standard InChI is InChI=1S/C14H30N4O/c1-4-13(15)14(19)16-10-12(3)11-18-8-6-17(5-2)7-9-18/h12-13H,4-11,15H2,1-3H3,(H,16,19)/t12?,13-/m0/s1. The van der Waals surface area contributed by atoms with E-state index in [0.717, 1.165) is 45.8 Å². The van der Waals surface area contributed by atoms with Gasteiger partial charge in [0, 0.05) is 39.3 Å². The molecule has 0 spiro atoms. The van der Waals surface area contributed by atoms with E-state index < -0.39 is 0 Å². The summed E-state index contributed by atoms with van der Waals surface area (Å²) in [6.45, 7) is 13.9. The van der Waals surface area contributed by atoms with Gasteiger partial charge < -0.3 is 20.9 Å². The zero-order chi connectivity index (χ0) is 14.3. The van der Waals surface area contributed by atoms with Crippen molar-refractivity contribution in [3.8, 4) is 0 Å². The summed E-state index contributed by atoms with van der Waals surface area (Å²) >= 11 is 0. The predicted molar refractivity (Wildman–Crippen MR) is 79.0 cm³/mol. The number of piperazine rings is 1. The average Bonchev–Trinajstić information content (AvgIpc) is 2.44. The molecule has 1 saturated heterocycles. The Morgan fingerprint density at radius 1 is 1.21 bits per heavy atom. The molecule has 0 saturated carbocycles. The minimum atomic E-state index is -0.361.